The Morgan fingerprint density at radius 2 is 2.12 bits per heavy atom. The fourth-order valence-electron chi connectivity index (χ4n) is 1.99. The van der Waals surface area contributed by atoms with Gasteiger partial charge < -0.3 is 10.2 Å². The molecule has 0 saturated heterocycles. The first-order valence-electron chi connectivity index (χ1n) is 5.64. The highest BCUT2D eigenvalue weighted by Gasteiger charge is 2.24. The molecule has 2 heterocycles. The van der Waals surface area contributed by atoms with Crippen molar-refractivity contribution in [3.05, 3.63) is 17.1 Å². The van der Waals surface area contributed by atoms with E-state index in [-0.39, 0.29) is 6.10 Å². The number of rotatable bonds is 4. The maximum absolute atomic E-state index is 5.52. The Bertz CT molecular complexity index is 411. The Kier molecular flexibility index (Phi) is 3.86. The van der Waals surface area contributed by atoms with E-state index in [0.717, 1.165) is 34.4 Å². The third-order valence-electron chi connectivity index (χ3n) is 2.85. The Balaban J connectivity index is 2.42. The van der Waals surface area contributed by atoms with Gasteiger partial charge >= 0.3 is 0 Å². The second-order valence-electron chi connectivity index (χ2n) is 4.39. The Labute approximate surface area is 106 Å². The average molecular weight is 254 g/mol. The quantitative estimate of drug-likeness (QED) is 0.631. The van der Waals surface area contributed by atoms with Gasteiger partial charge in [0.1, 0.15) is 11.9 Å². The molecule has 94 valence electrons. The van der Waals surface area contributed by atoms with Crippen molar-refractivity contribution in [2.45, 2.75) is 31.5 Å². The molecule has 0 radical (unpaired) electrons. The van der Waals surface area contributed by atoms with Crippen LogP contribution >= 0.6 is 11.8 Å². The number of hydrazine groups is 1. The van der Waals surface area contributed by atoms with Gasteiger partial charge in [-0.2, -0.15) is 11.8 Å². The van der Waals surface area contributed by atoms with Gasteiger partial charge in [-0.3, -0.25) is 0 Å². The minimum absolute atomic E-state index is 0.0852. The SMILES string of the molecule is COC(c1nc2c(c(NN)n1)CSC2)C(C)C. The number of aromatic nitrogens is 2. The molecule has 0 bridgehead atoms. The largest absolute Gasteiger partial charge is 0.373 e. The molecule has 2 rings (SSSR count). The van der Waals surface area contributed by atoms with E-state index in [1.54, 1.807) is 7.11 Å². The van der Waals surface area contributed by atoms with Gasteiger partial charge in [0.25, 0.3) is 0 Å². The maximum atomic E-state index is 5.52. The molecule has 0 aliphatic carbocycles. The number of methoxy groups -OCH3 is 1. The van der Waals surface area contributed by atoms with Crippen LogP contribution in [0.5, 0.6) is 0 Å². The maximum Gasteiger partial charge on any atom is 0.160 e. The Morgan fingerprint density at radius 3 is 2.71 bits per heavy atom. The van der Waals surface area contributed by atoms with E-state index < -0.39 is 0 Å². The third-order valence-corrected chi connectivity index (χ3v) is 3.82. The van der Waals surface area contributed by atoms with Crippen LogP contribution in [0.4, 0.5) is 5.82 Å². The van der Waals surface area contributed by atoms with Crippen molar-refractivity contribution in [3.63, 3.8) is 0 Å². The lowest BCUT2D eigenvalue weighted by atomic mass is 10.1. The number of fused-ring (bicyclic) bond motifs is 1. The molecule has 17 heavy (non-hydrogen) atoms. The molecule has 5 nitrogen and oxygen atoms in total. The van der Waals surface area contributed by atoms with E-state index in [0.29, 0.717) is 5.92 Å². The number of nitrogens with two attached hydrogens (primary N) is 1. The molecule has 0 fully saturated rings. The minimum Gasteiger partial charge on any atom is -0.373 e. The van der Waals surface area contributed by atoms with Gasteiger partial charge in [0.2, 0.25) is 0 Å². The molecule has 1 unspecified atom stereocenters. The second kappa shape index (κ2) is 5.20. The molecule has 6 heteroatoms. The molecule has 1 aliphatic rings. The van der Waals surface area contributed by atoms with Crippen LogP contribution in [0.15, 0.2) is 0 Å². The summed E-state index contributed by atoms with van der Waals surface area (Å²) in [4.78, 5) is 9.07. The Hall–Kier alpha value is -0.850. The molecule has 0 spiro atoms. The number of ether oxygens (including phenoxy) is 1. The molecule has 0 saturated carbocycles. The summed E-state index contributed by atoms with van der Waals surface area (Å²) in [6.45, 7) is 4.18. The number of hydrogen-bond donors (Lipinski definition) is 2. The molecule has 1 aromatic rings. The molecule has 0 amide bonds. The van der Waals surface area contributed by atoms with Crippen LogP contribution in [0, 0.1) is 5.92 Å². The highest BCUT2D eigenvalue weighted by molar-refractivity contribution is 7.98. The average Bonchev–Trinajstić information content (AvgIpc) is 2.76. The van der Waals surface area contributed by atoms with Crippen LogP contribution in [-0.4, -0.2) is 17.1 Å². The first-order valence-corrected chi connectivity index (χ1v) is 6.79. The molecular formula is C11H18N4OS. The third kappa shape index (κ3) is 2.38. The number of thioether (sulfide) groups is 1. The number of hydrogen-bond acceptors (Lipinski definition) is 6. The van der Waals surface area contributed by atoms with Gasteiger partial charge in [-0.1, -0.05) is 13.8 Å². The van der Waals surface area contributed by atoms with Gasteiger partial charge in [-0.25, -0.2) is 15.8 Å². The summed E-state index contributed by atoms with van der Waals surface area (Å²) in [5.41, 5.74) is 4.87. The van der Waals surface area contributed by atoms with Gasteiger partial charge in [0, 0.05) is 24.2 Å². The van der Waals surface area contributed by atoms with Gasteiger partial charge in [-0.15, -0.1) is 0 Å². The van der Waals surface area contributed by atoms with Crippen molar-refractivity contribution < 1.29 is 4.74 Å². The van der Waals surface area contributed by atoms with Crippen LogP contribution in [0.2, 0.25) is 0 Å². The van der Waals surface area contributed by atoms with E-state index in [1.165, 1.54) is 0 Å². The van der Waals surface area contributed by atoms with E-state index >= 15 is 0 Å². The number of anilines is 1. The summed E-state index contributed by atoms with van der Waals surface area (Å²) in [6.07, 6.45) is -0.0852. The second-order valence-corrected chi connectivity index (χ2v) is 5.38. The summed E-state index contributed by atoms with van der Waals surface area (Å²) in [5.74, 6) is 9.15. The van der Waals surface area contributed by atoms with Crippen molar-refractivity contribution in [1.82, 2.24) is 9.97 Å². The molecule has 1 aromatic heterocycles. The van der Waals surface area contributed by atoms with E-state index in [1.807, 2.05) is 11.8 Å². The lowest BCUT2D eigenvalue weighted by Gasteiger charge is -2.19. The number of nitrogens with zero attached hydrogens (tertiary/aromatic N) is 2. The highest BCUT2D eigenvalue weighted by Crippen LogP contribution is 2.34. The minimum atomic E-state index is -0.0852. The fourth-order valence-corrected chi connectivity index (χ4v) is 3.03. The van der Waals surface area contributed by atoms with Gasteiger partial charge in [0.15, 0.2) is 5.82 Å². The zero-order valence-corrected chi connectivity index (χ0v) is 11.2. The lowest BCUT2D eigenvalue weighted by Crippen LogP contribution is -2.18. The normalized spacial score (nSPS) is 16.1. The van der Waals surface area contributed by atoms with Crippen LogP contribution in [0.1, 0.15) is 37.0 Å². The van der Waals surface area contributed by atoms with Crippen molar-refractivity contribution in [2.75, 3.05) is 12.5 Å². The lowest BCUT2D eigenvalue weighted by molar-refractivity contribution is 0.0574. The molecule has 1 atom stereocenters. The fraction of sp³-hybridized carbons (Fsp3) is 0.636. The smallest absolute Gasteiger partial charge is 0.160 e. The molecule has 3 N–H and O–H groups in total. The van der Waals surface area contributed by atoms with Gasteiger partial charge in [-0.05, 0) is 5.92 Å². The van der Waals surface area contributed by atoms with E-state index in [9.17, 15) is 0 Å². The van der Waals surface area contributed by atoms with Crippen LogP contribution < -0.4 is 11.3 Å². The first-order chi connectivity index (χ1) is 8.17. The topological polar surface area (TPSA) is 73.1 Å². The predicted octanol–water partition coefficient (Wildman–Crippen LogP) is 1.85. The monoisotopic (exact) mass is 254 g/mol. The molecule has 1 aliphatic heterocycles. The van der Waals surface area contributed by atoms with Crippen molar-refractivity contribution in [2.24, 2.45) is 11.8 Å². The van der Waals surface area contributed by atoms with Gasteiger partial charge in [0.05, 0.1) is 5.69 Å². The van der Waals surface area contributed by atoms with Crippen molar-refractivity contribution in [3.8, 4) is 0 Å². The molecule has 0 aromatic carbocycles. The standard InChI is InChI=1S/C11H18N4OS/c1-6(2)9(16-3)11-13-8-5-17-4-7(8)10(14-11)15-12/h6,9H,4-5,12H2,1-3H3,(H,13,14,15). The summed E-state index contributed by atoms with van der Waals surface area (Å²) in [6, 6.07) is 0. The summed E-state index contributed by atoms with van der Waals surface area (Å²) in [7, 11) is 1.69. The first kappa shape index (κ1) is 12.6. The summed E-state index contributed by atoms with van der Waals surface area (Å²) >= 11 is 1.83. The number of nitrogens with one attached hydrogen (secondary N) is 1. The van der Waals surface area contributed by atoms with Crippen LogP contribution in [-0.2, 0) is 16.2 Å². The van der Waals surface area contributed by atoms with Crippen LogP contribution in [0.3, 0.4) is 0 Å². The summed E-state index contributed by atoms with van der Waals surface area (Å²) in [5, 5.41) is 0. The zero-order valence-electron chi connectivity index (χ0n) is 10.4. The van der Waals surface area contributed by atoms with Crippen molar-refractivity contribution in [1.29, 1.82) is 0 Å². The molecular weight excluding hydrogens is 236 g/mol. The van der Waals surface area contributed by atoms with Crippen LogP contribution in [0.25, 0.3) is 0 Å². The predicted molar refractivity (Wildman–Crippen MR) is 69.4 cm³/mol. The van der Waals surface area contributed by atoms with E-state index in [4.69, 9.17) is 10.6 Å². The zero-order chi connectivity index (χ0) is 12.4. The van der Waals surface area contributed by atoms with E-state index in [2.05, 4.69) is 29.2 Å². The highest BCUT2D eigenvalue weighted by atomic mass is 32.2. The van der Waals surface area contributed by atoms with Crippen molar-refractivity contribution >= 4 is 17.6 Å². The number of nitrogen functional groups attached to an aromatic ring is 1. The summed E-state index contributed by atoms with van der Waals surface area (Å²) < 4.78 is 5.46. The Morgan fingerprint density at radius 1 is 1.35 bits per heavy atom.